The van der Waals surface area contributed by atoms with Crippen molar-refractivity contribution in [2.75, 3.05) is 24.9 Å². The summed E-state index contributed by atoms with van der Waals surface area (Å²) in [4.78, 5) is 1.90. The summed E-state index contributed by atoms with van der Waals surface area (Å²) in [5, 5.41) is 0. The molecule has 0 radical (unpaired) electrons. The number of benzene rings is 2. The SMILES string of the molecule is CN1CCC(Oc2cc(NS(=O)(=O)c3sc(Cl)cc3-c3ccc(F)cc3F)ccc2C(F)(F)F)C1. The fourth-order valence-electron chi connectivity index (χ4n) is 3.73. The molecule has 0 bridgehead atoms. The number of hydrogen-bond donors (Lipinski definition) is 1. The first-order valence-electron chi connectivity index (χ1n) is 10.2. The zero-order valence-electron chi connectivity index (χ0n) is 18.0. The quantitative estimate of drug-likeness (QED) is 0.367. The molecular weight excluding hydrogens is 535 g/mol. The van der Waals surface area contributed by atoms with Gasteiger partial charge in [0.25, 0.3) is 10.0 Å². The molecule has 0 saturated carbocycles. The molecule has 1 atom stereocenters. The number of rotatable bonds is 6. The van der Waals surface area contributed by atoms with E-state index in [-0.39, 0.29) is 25.4 Å². The molecular formula is C22H18ClF5N2O3S2. The highest BCUT2D eigenvalue weighted by Gasteiger charge is 2.36. The largest absolute Gasteiger partial charge is 0.488 e. The van der Waals surface area contributed by atoms with Crippen LogP contribution in [0.3, 0.4) is 0 Å². The van der Waals surface area contributed by atoms with E-state index < -0.39 is 45.3 Å². The molecule has 1 aromatic heterocycles. The number of likely N-dealkylation sites (tertiary alicyclic amines) is 1. The predicted molar refractivity (Wildman–Crippen MR) is 123 cm³/mol. The second kappa shape index (κ2) is 9.57. The Hall–Kier alpha value is -2.41. The molecule has 0 spiro atoms. The fraction of sp³-hybridized carbons (Fsp3) is 0.273. The molecule has 1 aliphatic rings. The Labute approximate surface area is 207 Å². The third-order valence-electron chi connectivity index (χ3n) is 5.31. The van der Waals surface area contributed by atoms with E-state index in [2.05, 4.69) is 4.72 Å². The van der Waals surface area contributed by atoms with E-state index in [9.17, 15) is 30.4 Å². The second-order valence-corrected chi connectivity index (χ2v) is 11.5. The average Bonchev–Trinajstić information content (AvgIpc) is 3.32. The lowest BCUT2D eigenvalue weighted by atomic mass is 10.1. The Balaban J connectivity index is 1.69. The van der Waals surface area contributed by atoms with Crippen LogP contribution >= 0.6 is 22.9 Å². The van der Waals surface area contributed by atoms with Crippen LogP contribution < -0.4 is 9.46 Å². The number of halogens is 6. The van der Waals surface area contributed by atoms with Crippen LogP contribution in [0.15, 0.2) is 46.7 Å². The second-order valence-electron chi connectivity index (χ2n) is 7.98. The number of sulfonamides is 1. The number of thiophene rings is 1. The maximum atomic E-state index is 14.4. The van der Waals surface area contributed by atoms with Crippen LogP contribution in [0.4, 0.5) is 27.6 Å². The van der Waals surface area contributed by atoms with Crippen molar-refractivity contribution >= 4 is 38.6 Å². The molecule has 0 amide bonds. The average molecular weight is 553 g/mol. The van der Waals surface area contributed by atoms with Crippen molar-refractivity contribution in [1.29, 1.82) is 0 Å². The minimum Gasteiger partial charge on any atom is -0.488 e. The van der Waals surface area contributed by atoms with Crippen molar-refractivity contribution in [3.63, 3.8) is 0 Å². The predicted octanol–water partition coefficient (Wildman–Crippen LogP) is 6.25. The highest BCUT2D eigenvalue weighted by Crippen LogP contribution is 2.41. The van der Waals surface area contributed by atoms with Gasteiger partial charge >= 0.3 is 6.18 Å². The van der Waals surface area contributed by atoms with Gasteiger partial charge in [0.1, 0.15) is 27.7 Å². The fourth-order valence-corrected chi connectivity index (χ4v) is 6.66. The molecule has 2 heterocycles. The Morgan fingerprint density at radius 1 is 1.11 bits per heavy atom. The summed E-state index contributed by atoms with van der Waals surface area (Å²) in [7, 11) is -2.61. The van der Waals surface area contributed by atoms with Gasteiger partial charge in [0.05, 0.1) is 15.6 Å². The lowest BCUT2D eigenvalue weighted by Crippen LogP contribution is -2.23. The summed E-state index contributed by atoms with van der Waals surface area (Å²) in [5.41, 5.74) is -1.53. The van der Waals surface area contributed by atoms with Gasteiger partial charge in [-0.3, -0.25) is 4.72 Å². The maximum absolute atomic E-state index is 14.4. The standard InChI is InChI=1S/C22H18ClF5N2O3S2/c1-30-7-6-14(11-30)33-19-9-13(3-5-17(19)22(26,27)28)29-35(31,32)21-16(10-20(23)34-21)15-4-2-12(24)8-18(15)25/h2-5,8-10,14,29H,6-7,11H2,1H3. The summed E-state index contributed by atoms with van der Waals surface area (Å²) < 4.78 is 102. The van der Waals surface area contributed by atoms with E-state index in [0.29, 0.717) is 36.9 Å². The van der Waals surface area contributed by atoms with Crippen LogP contribution in [-0.2, 0) is 16.2 Å². The number of nitrogens with zero attached hydrogens (tertiary/aromatic N) is 1. The zero-order chi connectivity index (χ0) is 25.5. The van der Waals surface area contributed by atoms with E-state index in [0.717, 1.165) is 30.3 Å². The van der Waals surface area contributed by atoms with Crippen LogP contribution in [0, 0.1) is 11.6 Å². The van der Waals surface area contributed by atoms with Gasteiger partial charge in [-0.25, -0.2) is 17.2 Å². The van der Waals surface area contributed by atoms with Gasteiger partial charge in [-0.15, -0.1) is 11.3 Å². The Bertz CT molecular complexity index is 1360. The molecule has 1 fully saturated rings. The lowest BCUT2D eigenvalue weighted by Gasteiger charge is -2.19. The monoisotopic (exact) mass is 552 g/mol. The van der Waals surface area contributed by atoms with Gasteiger partial charge in [0, 0.05) is 36.3 Å². The first kappa shape index (κ1) is 25.7. The lowest BCUT2D eigenvalue weighted by molar-refractivity contribution is -0.139. The smallest absolute Gasteiger partial charge is 0.419 e. The van der Waals surface area contributed by atoms with E-state index in [1.807, 2.05) is 11.9 Å². The van der Waals surface area contributed by atoms with Crippen LogP contribution in [0.2, 0.25) is 4.34 Å². The van der Waals surface area contributed by atoms with Crippen molar-refractivity contribution < 1.29 is 35.1 Å². The molecule has 1 unspecified atom stereocenters. The van der Waals surface area contributed by atoms with E-state index in [4.69, 9.17) is 16.3 Å². The van der Waals surface area contributed by atoms with Crippen molar-refractivity contribution in [2.24, 2.45) is 0 Å². The summed E-state index contributed by atoms with van der Waals surface area (Å²) in [5.74, 6) is -2.35. The maximum Gasteiger partial charge on any atom is 0.419 e. The molecule has 35 heavy (non-hydrogen) atoms. The van der Waals surface area contributed by atoms with Crippen LogP contribution in [0.25, 0.3) is 11.1 Å². The van der Waals surface area contributed by atoms with Crippen molar-refractivity contribution in [3.05, 3.63) is 64.0 Å². The molecule has 5 nitrogen and oxygen atoms in total. The normalized spacial score (nSPS) is 17.1. The number of alkyl halides is 3. The summed E-state index contributed by atoms with van der Waals surface area (Å²) in [6, 6.07) is 6.51. The molecule has 4 rings (SSSR count). The number of likely N-dealkylation sites (N-methyl/N-ethyl adjacent to an activating group) is 1. The summed E-state index contributed by atoms with van der Waals surface area (Å²) in [6.45, 7) is 1.08. The van der Waals surface area contributed by atoms with Gasteiger partial charge in [-0.2, -0.15) is 13.2 Å². The van der Waals surface area contributed by atoms with Gasteiger partial charge in [-0.05, 0) is 43.8 Å². The molecule has 2 aromatic carbocycles. The zero-order valence-corrected chi connectivity index (χ0v) is 20.4. The molecule has 13 heteroatoms. The number of anilines is 1. The van der Waals surface area contributed by atoms with Crippen molar-refractivity contribution in [3.8, 4) is 16.9 Å². The summed E-state index contributed by atoms with van der Waals surface area (Å²) >= 11 is 6.62. The summed E-state index contributed by atoms with van der Waals surface area (Å²) in [6.07, 6.45) is -4.69. The van der Waals surface area contributed by atoms with Gasteiger partial charge in [-0.1, -0.05) is 11.6 Å². The van der Waals surface area contributed by atoms with Crippen molar-refractivity contribution in [1.82, 2.24) is 4.90 Å². The number of nitrogens with one attached hydrogen (secondary N) is 1. The van der Waals surface area contributed by atoms with Crippen molar-refractivity contribution in [2.45, 2.75) is 22.9 Å². The minimum atomic E-state index is -4.72. The highest BCUT2D eigenvalue weighted by atomic mass is 35.5. The molecule has 1 N–H and O–H groups in total. The van der Waals surface area contributed by atoms with Gasteiger partial charge in [0.2, 0.25) is 0 Å². The third kappa shape index (κ3) is 5.71. The van der Waals surface area contributed by atoms with Crippen LogP contribution in [-0.4, -0.2) is 39.6 Å². The highest BCUT2D eigenvalue weighted by molar-refractivity contribution is 7.94. The number of hydrogen-bond acceptors (Lipinski definition) is 5. The minimum absolute atomic E-state index is 0.0193. The molecule has 1 saturated heterocycles. The van der Waals surface area contributed by atoms with E-state index in [1.165, 1.54) is 6.07 Å². The first-order chi connectivity index (χ1) is 16.3. The first-order valence-corrected chi connectivity index (χ1v) is 12.9. The molecule has 188 valence electrons. The van der Waals surface area contributed by atoms with Gasteiger partial charge in [0.15, 0.2) is 0 Å². The Morgan fingerprint density at radius 3 is 2.49 bits per heavy atom. The van der Waals surface area contributed by atoms with E-state index >= 15 is 0 Å². The molecule has 3 aromatic rings. The topological polar surface area (TPSA) is 58.6 Å². The Kier molecular flexibility index (Phi) is 7.02. The van der Waals surface area contributed by atoms with Crippen LogP contribution in [0.1, 0.15) is 12.0 Å². The van der Waals surface area contributed by atoms with Gasteiger partial charge < -0.3 is 9.64 Å². The Morgan fingerprint density at radius 2 is 1.86 bits per heavy atom. The third-order valence-corrected chi connectivity index (χ3v) is 8.49. The van der Waals surface area contributed by atoms with Crippen LogP contribution in [0.5, 0.6) is 5.75 Å². The van der Waals surface area contributed by atoms with E-state index in [1.54, 1.807) is 0 Å². The number of ether oxygens (including phenoxy) is 1. The molecule has 0 aliphatic carbocycles. The molecule has 1 aliphatic heterocycles.